The largest absolute Gasteiger partial charge is 0.347 e. The molecule has 162 valence electrons. The molecule has 2 aliphatic heterocycles. The van der Waals surface area contributed by atoms with Crippen LogP contribution in [0.2, 0.25) is 0 Å². The van der Waals surface area contributed by atoms with Crippen molar-refractivity contribution in [2.45, 2.75) is 37.8 Å². The van der Waals surface area contributed by atoms with Crippen LogP contribution < -0.4 is 10.6 Å². The first-order valence-corrected chi connectivity index (χ1v) is 11.6. The standard InChI is InChI=1S/C26H28N6/c1-5-17(13-19(7-1)23-15-29-25(31-23)21-9-3-11-27-21)18-6-2-8-20(14-18)24-16-30-26(32-24)22-10-4-12-28-22/h1-2,5-8,13-16,21-22,27-28H,3-4,9-12H2,(H,29,31)(H,30,32)/t21-,22-/m0/s1. The van der Waals surface area contributed by atoms with Crippen molar-refractivity contribution in [2.75, 3.05) is 13.1 Å². The summed E-state index contributed by atoms with van der Waals surface area (Å²) in [6.45, 7) is 2.14. The molecule has 4 heterocycles. The fraction of sp³-hybridized carbons (Fsp3) is 0.308. The third kappa shape index (κ3) is 3.76. The topological polar surface area (TPSA) is 81.4 Å². The number of H-pyrrole nitrogens is 2. The van der Waals surface area contributed by atoms with Gasteiger partial charge in [-0.1, -0.05) is 36.4 Å². The Morgan fingerprint density at radius 1 is 0.750 bits per heavy atom. The third-order valence-electron chi connectivity index (χ3n) is 6.64. The number of hydrogen-bond donors (Lipinski definition) is 4. The van der Waals surface area contributed by atoms with E-state index in [-0.39, 0.29) is 0 Å². The lowest BCUT2D eigenvalue weighted by Gasteiger charge is -2.08. The van der Waals surface area contributed by atoms with E-state index in [2.05, 4.69) is 74.1 Å². The molecule has 0 radical (unpaired) electrons. The molecule has 2 aliphatic rings. The summed E-state index contributed by atoms with van der Waals surface area (Å²) in [5.41, 5.74) is 6.71. The van der Waals surface area contributed by atoms with Gasteiger partial charge in [0.2, 0.25) is 0 Å². The van der Waals surface area contributed by atoms with Gasteiger partial charge in [0.15, 0.2) is 0 Å². The summed E-state index contributed by atoms with van der Waals surface area (Å²) in [6, 6.07) is 18.0. The second-order valence-corrected chi connectivity index (χ2v) is 8.81. The van der Waals surface area contributed by atoms with E-state index in [1.165, 1.54) is 24.0 Å². The molecule has 0 aliphatic carbocycles. The van der Waals surface area contributed by atoms with Crippen molar-refractivity contribution in [3.63, 3.8) is 0 Å². The Hall–Kier alpha value is -3.22. The number of nitrogens with zero attached hydrogens (tertiary/aromatic N) is 2. The van der Waals surface area contributed by atoms with E-state index in [1.54, 1.807) is 0 Å². The van der Waals surface area contributed by atoms with Crippen LogP contribution in [-0.2, 0) is 0 Å². The quantitative estimate of drug-likeness (QED) is 0.364. The minimum absolute atomic E-state index is 0.349. The van der Waals surface area contributed by atoms with Crippen LogP contribution in [0, 0.1) is 0 Å². The van der Waals surface area contributed by atoms with Crippen molar-refractivity contribution < 1.29 is 0 Å². The molecule has 32 heavy (non-hydrogen) atoms. The number of imidazole rings is 2. The van der Waals surface area contributed by atoms with Gasteiger partial charge in [-0.05, 0) is 62.0 Å². The molecule has 0 saturated carbocycles. The minimum atomic E-state index is 0.349. The van der Waals surface area contributed by atoms with Crippen LogP contribution in [0.15, 0.2) is 60.9 Å². The Morgan fingerprint density at radius 3 is 2.12 bits per heavy atom. The second kappa shape index (κ2) is 8.37. The van der Waals surface area contributed by atoms with Crippen molar-refractivity contribution in [1.82, 2.24) is 30.6 Å². The number of nitrogens with one attached hydrogen (secondary N) is 4. The first kappa shape index (κ1) is 19.5. The van der Waals surface area contributed by atoms with E-state index in [0.29, 0.717) is 12.1 Å². The Kier molecular flexibility index (Phi) is 5.09. The normalized spacial score (nSPS) is 20.8. The zero-order valence-corrected chi connectivity index (χ0v) is 18.1. The van der Waals surface area contributed by atoms with Gasteiger partial charge in [0.25, 0.3) is 0 Å². The van der Waals surface area contributed by atoms with Crippen LogP contribution in [0.5, 0.6) is 0 Å². The summed E-state index contributed by atoms with van der Waals surface area (Å²) in [4.78, 5) is 16.4. The van der Waals surface area contributed by atoms with Gasteiger partial charge in [0, 0.05) is 17.3 Å². The van der Waals surface area contributed by atoms with E-state index in [1.807, 2.05) is 12.4 Å². The van der Waals surface area contributed by atoms with Gasteiger partial charge in [-0.3, -0.25) is 0 Å². The van der Waals surface area contributed by atoms with Gasteiger partial charge >= 0.3 is 0 Å². The van der Waals surface area contributed by atoms with Crippen molar-refractivity contribution in [2.24, 2.45) is 0 Å². The van der Waals surface area contributed by atoms with Gasteiger partial charge in [0.1, 0.15) is 11.6 Å². The summed E-state index contributed by atoms with van der Waals surface area (Å²) < 4.78 is 0. The first-order chi connectivity index (χ1) is 15.8. The molecule has 0 bridgehead atoms. The van der Waals surface area contributed by atoms with Crippen LogP contribution >= 0.6 is 0 Å². The summed E-state index contributed by atoms with van der Waals surface area (Å²) >= 11 is 0. The smallest absolute Gasteiger partial charge is 0.124 e. The predicted molar refractivity (Wildman–Crippen MR) is 127 cm³/mol. The molecule has 2 aromatic carbocycles. The highest BCUT2D eigenvalue weighted by molar-refractivity contribution is 5.75. The molecule has 2 atom stereocenters. The summed E-state index contributed by atoms with van der Waals surface area (Å²) in [6.07, 6.45) is 8.68. The van der Waals surface area contributed by atoms with Crippen LogP contribution in [0.25, 0.3) is 33.6 Å². The van der Waals surface area contributed by atoms with Crippen molar-refractivity contribution in [1.29, 1.82) is 0 Å². The zero-order valence-electron chi connectivity index (χ0n) is 18.1. The molecule has 6 nitrogen and oxygen atoms in total. The minimum Gasteiger partial charge on any atom is -0.347 e. The zero-order chi connectivity index (χ0) is 21.3. The van der Waals surface area contributed by atoms with E-state index in [0.717, 1.165) is 60.1 Å². The fourth-order valence-corrected chi connectivity index (χ4v) is 4.88. The Balaban J connectivity index is 1.27. The lowest BCUT2D eigenvalue weighted by atomic mass is 9.99. The molecule has 2 fully saturated rings. The Labute approximate surface area is 187 Å². The van der Waals surface area contributed by atoms with Crippen LogP contribution in [0.3, 0.4) is 0 Å². The highest BCUT2D eigenvalue weighted by atomic mass is 15.0. The maximum atomic E-state index is 4.87. The first-order valence-electron chi connectivity index (χ1n) is 11.6. The van der Waals surface area contributed by atoms with Gasteiger partial charge < -0.3 is 20.6 Å². The van der Waals surface area contributed by atoms with Gasteiger partial charge in [-0.2, -0.15) is 0 Å². The molecular weight excluding hydrogens is 396 g/mol. The van der Waals surface area contributed by atoms with Crippen LogP contribution in [-0.4, -0.2) is 33.0 Å². The van der Waals surface area contributed by atoms with Gasteiger partial charge in [0.05, 0.1) is 29.7 Å². The van der Waals surface area contributed by atoms with E-state index in [9.17, 15) is 0 Å². The highest BCUT2D eigenvalue weighted by Gasteiger charge is 2.20. The number of aromatic nitrogens is 4. The summed E-state index contributed by atoms with van der Waals surface area (Å²) in [5, 5.41) is 7.02. The molecule has 0 spiro atoms. The molecule has 4 aromatic rings. The Bertz CT molecular complexity index is 1110. The molecule has 0 amide bonds. The summed E-state index contributed by atoms with van der Waals surface area (Å²) in [5.74, 6) is 2.08. The number of benzene rings is 2. The van der Waals surface area contributed by atoms with Gasteiger partial charge in [-0.25, -0.2) is 9.97 Å². The lowest BCUT2D eigenvalue weighted by Crippen LogP contribution is -2.14. The predicted octanol–water partition coefficient (Wildman–Crippen LogP) is 4.98. The third-order valence-corrected chi connectivity index (χ3v) is 6.64. The highest BCUT2D eigenvalue weighted by Crippen LogP contribution is 2.30. The number of aromatic amines is 2. The second-order valence-electron chi connectivity index (χ2n) is 8.81. The van der Waals surface area contributed by atoms with E-state index < -0.39 is 0 Å². The van der Waals surface area contributed by atoms with Crippen molar-refractivity contribution in [3.8, 4) is 33.6 Å². The van der Waals surface area contributed by atoms with E-state index in [4.69, 9.17) is 4.98 Å². The lowest BCUT2D eigenvalue weighted by molar-refractivity contribution is 0.613. The van der Waals surface area contributed by atoms with Crippen LogP contribution in [0.4, 0.5) is 0 Å². The molecule has 2 saturated heterocycles. The van der Waals surface area contributed by atoms with Gasteiger partial charge in [-0.15, -0.1) is 0 Å². The Morgan fingerprint density at radius 2 is 1.41 bits per heavy atom. The molecule has 6 rings (SSSR count). The van der Waals surface area contributed by atoms with E-state index >= 15 is 0 Å². The van der Waals surface area contributed by atoms with Crippen molar-refractivity contribution in [3.05, 3.63) is 72.6 Å². The number of rotatable bonds is 5. The fourth-order valence-electron chi connectivity index (χ4n) is 4.88. The molecule has 2 aromatic heterocycles. The molecule has 6 heteroatoms. The average molecular weight is 425 g/mol. The maximum Gasteiger partial charge on any atom is 0.124 e. The maximum absolute atomic E-state index is 4.87. The van der Waals surface area contributed by atoms with Crippen LogP contribution in [0.1, 0.15) is 49.4 Å². The SMILES string of the molecule is c1cc(-c2cccc(-c3cnc([C@@H]4CCCN4)[nH]3)c2)cc(-c2c[nH]c([C@@H]3CCCN3)n2)c1. The molecule has 4 N–H and O–H groups in total. The molecule has 0 unspecified atom stereocenters. The molecular formula is C26H28N6. The average Bonchev–Trinajstić information content (AvgIpc) is 3.66. The van der Waals surface area contributed by atoms with Crippen molar-refractivity contribution >= 4 is 0 Å². The monoisotopic (exact) mass is 424 g/mol. The number of hydrogen-bond acceptors (Lipinski definition) is 4. The summed E-state index contributed by atoms with van der Waals surface area (Å²) in [7, 11) is 0.